The van der Waals surface area contributed by atoms with E-state index in [1.54, 1.807) is 0 Å². The summed E-state index contributed by atoms with van der Waals surface area (Å²) in [5, 5.41) is 0. The van der Waals surface area contributed by atoms with E-state index in [0.29, 0.717) is 23.9 Å². The highest BCUT2D eigenvalue weighted by Crippen LogP contribution is 2.28. The van der Waals surface area contributed by atoms with Crippen molar-refractivity contribution in [2.45, 2.75) is 70.5 Å². The van der Waals surface area contributed by atoms with Gasteiger partial charge in [-0.1, -0.05) is 49.6 Å². The molecule has 3 fully saturated rings. The fourth-order valence-electron chi connectivity index (χ4n) is 6.28. The zero-order chi connectivity index (χ0) is 24.0. The number of nitrogens with zero attached hydrogens (tertiary/aromatic N) is 3. The molecule has 0 N–H and O–H groups in total. The molecular formula is C30H41N3O2. The number of likely N-dealkylation sites (tertiary alicyclic amines) is 1. The Labute approximate surface area is 211 Å². The zero-order valence-electron chi connectivity index (χ0n) is 21.3. The van der Waals surface area contributed by atoms with Gasteiger partial charge in [0.1, 0.15) is 11.5 Å². The van der Waals surface area contributed by atoms with E-state index < -0.39 is 0 Å². The SMILES string of the molecule is CC1CN(C(=O)C2CCCCC2)CCN1C1CCN(Cc2ccc(Oc3ccccc3)cc2)CC1. The second-order valence-electron chi connectivity index (χ2n) is 10.8. The Balaban J connectivity index is 1.06. The summed E-state index contributed by atoms with van der Waals surface area (Å²) in [6, 6.07) is 19.6. The van der Waals surface area contributed by atoms with E-state index >= 15 is 0 Å². The van der Waals surface area contributed by atoms with Crippen molar-refractivity contribution in [3.63, 3.8) is 0 Å². The van der Waals surface area contributed by atoms with E-state index in [2.05, 4.69) is 45.9 Å². The Hall–Kier alpha value is -2.37. The number of piperazine rings is 1. The molecule has 2 saturated heterocycles. The van der Waals surface area contributed by atoms with E-state index in [9.17, 15) is 4.79 Å². The van der Waals surface area contributed by atoms with Crippen LogP contribution in [0.3, 0.4) is 0 Å². The molecule has 188 valence electrons. The Bertz CT molecular complexity index is 934. The van der Waals surface area contributed by atoms with E-state index in [0.717, 1.165) is 63.6 Å². The van der Waals surface area contributed by atoms with Crippen LogP contribution in [0.4, 0.5) is 0 Å². The molecule has 1 atom stereocenters. The molecule has 0 radical (unpaired) electrons. The van der Waals surface area contributed by atoms with Crippen LogP contribution in [-0.4, -0.2) is 65.4 Å². The highest BCUT2D eigenvalue weighted by molar-refractivity contribution is 5.79. The lowest BCUT2D eigenvalue weighted by Crippen LogP contribution is -2.59. The van der Waals surface area contributed by atoms with Gasteiger partial charge >= 0.3 is 0 Å². The second kappa shape index (κ2) is 11.6. The van der Waals surface area contributed by atoms with Gasteiger partial charge in [0, 0.05) is 44.2 Å². The smallest absolute Gasteiger partial charge is 0.225 e. The summed E-state index contributed by atoms with van der Waals surface area (Å²) in [5.74, 6) is 2.49. The van der Waals surface area contributed by atoms with Gasteiger partial charge in [-0.15, -0.1) is 0 Å². The van der Waals surface area contributed by atoms with Gasteiger partial charge in [0.05, 0.1) is 0 Å². The average molecular weight is 476 g/mol. The molecule has 5 nitrogen and oxygen atoms in total. The lowest BCUT2D eigenvalue weighted by atomic mass is 9.88. The first-order chi connectivity index (χ1) is 17.2. The number of rotatable bonds is 6. The van der Waals surface area contributed by atoms with Gasteiger partial charge in [0.15, 0.2) is 0 Å². The topological polar surface area (TPSA) is 36.0 Å². The highest BCUT2D eigenvalue weighted by Gasteiger charge is 2.35. The van der Waals surface area contributed by atoms with Crippen LogP contribution in [0.5, 0.6) is 11.5 Å². The maximum Gasteiger partial charge on any atom is 0.225 e. The van der Waals surface area contributed by atoms with Crippen LogP contribution < -0.4 is 4.74 Å². The molecule has 1 amide bonds. The molecule has 2 aliphatic heterocycles. The number of ether oxygens (including phenoxy) is 1. The lowest BCUT2D eigenvalue weighted by molar-refractivity contribution is -0.140. The van der Waals surface area contributed by atoms with Crippen molar-refractivity contribution >= 4 is 5.91 Å². The first-order valence-corrected chi connectivity index (χ1v) is 13.7. The largest absolute Gasteiger partial charge is 0.457 e. The van der Waals surface area contributed by atoms with E-state index in [4.69, 9.17) is 4.74 Å². The summed E-state index contributed by atoms with van der Waals surface area (Å²) < 4.78 is 5.93. The minimum atomic E-state index is 0.296. The van der Waals surface area contributed by atoms with Gasteiger partial charge in [0.2, 0.25) is 5.91 Å². The Morgan fingerprint density at radius 2 is 1.51 bits per heavy atom. The quantitative estimate of drug-likeness (QED) is 0.548. The van der Waals surface area contributed by atoms with Crippen LogP contribution in [0, 0.1) is 5.92 Å². The second-order valence-corrected chi connectivity index (χ2v) is 10.8. The van der Waals surface area contributed by atoms with Crippen molar-refractivity contribution in [2.75, 3.05) is 32.7 Å². The first-order valence-electron chi connectivity index (χ1n) is 13.7. The maximum atomic E-state index is 13.0. The highest BCUT2D eigenvalue weighted by atomic mass is 16.5. The number of carbonyl (C=O) groups excluding carboxylic acids is 1. The maximum absolute atomic E-state index is 13.0. The van der Waals surface area contributed by atoms with Gasteiger partial charge in [-0.05, 0) is 75.5 Å². The molecule has 1 unspecified atom stereocenters. The molecule has 2 aromatic rings. The minimum absolute atomic E-state index is 0.296. The number of hydrogen-bond donors (Lipinski definition) is 0. The van der Waals surface area contributed by atoms with Crippen LogP contribution in [0.25, 0.3) is 0 Å². The van der Waals surface area contributed by atoms with Gasteiger partial charge in [0.25, 0.3) is 0 Å². The van der Waals surface area contributed by atoms with E-state index in [-0.39, 0.29) is 0 Å². The van der Waals surface area contributed by atoms with Crippen molar-refractivity contribution in [3.8, 4) is 11.5 Å². The molecule has 0 aromatic heterocycles. The first kappa shape index (κ1) is 24.3. The van der Waals surface area contributed by atoms with Crippen molar-refractivity contribution in [2.24, 2.45) is 5.92 Å². The Kier molecular flexibility index (Phi) is 8.05. The van der Waals surface area contributed by atoms with Crippen LogP contribution in [0.15, 0.2) is 54.6 Å². The molecule has 1 saturated carbocycles. The van der Waals surface area contributed by atoms with Gasteiger partial charge in [-0.25, -0.2) is 0 Å². The predicted molar refractivity (Wildman–Crippen MR) is 141 cm³/mol. The van der Waals surface area contributed by atoms with Crippen LogP contribution in [0.1, 0.15) is 57.4 Å². The van der Waals surface area contributed by atoms with E-state index in [1.165, 1.54) is 37.7 Å². The number of benzene rings is 2. The fraction of sp³-hybridized carbons (Fsp3) is 0.567. The zero-order valence-corrected chi connectivity index (χ0v) is 21.3. The van der Waals surface area contributed by atoms with E-state index in [1.807, 2.05) is 30.3 Å². The van der Waals surface area contributed by atoms with Crippen molar-refractivity contribution in [3.05, 3.63) is 60.2 Å². The Morgan fingerprint density at radius 1 is 0.829 bits per heavy atom. The normalized spacial score (nSPS) is 23.3. The summed E-state index contributed by atoms with van der Waals surface area (Å²) in [4.78, 5) is 20.5. The predicted octanol–water partition coefficient (Wildman–Crippen LogP) is 5.56. The van der Waals surface area contributed by atoms with Crippen LogP contribution in [-0.2, 0) is 11.3 Å². The number of piperidine rings is 1. The van der Waals surface area contributed by atoms with Crippen LogP contribution >= 0.6 is 0 Å². The summed E-state index contributed by atoms with van der Waals surface area (Å²) in [5.41, 5.74) is 1.34. The third-order valence-corrected chi connectivity index (χ3v) is 8.28. The summed E-state index contributed by atoms with van der Waals surface area (Å²) >= 11 is 0. The number of amides is 1. The Morgan fingerprint density at radius 3 is 2.20 bits per heavy atom. The van der Waals surface area contributed by atoms with Gasteiger partial charge in [-0.2, -0.15) is 0 Å². The van der Waals surface area contributed by atoms with Crippen molar-refractivity contribution in [1.82, 2.24) is 14.7 Å². The number of para-hydroxylation sites is 1. The molecule has 5 rings (SSSR count). The molecular weight excluding hydrogens is 434 g/mol. The minimum Gasteiger partial charge on any atom is -0.457 e. The molecule has 0 spiro atoms. The van der Waals surface area contributed by atoms with Crippen molar-refractivity contribution < 1.29 is 9.53 Å². The fourth-order valence-corrected chi connectivity index (χ4v) is 6.28. The molecule has 3 aliphatic rings. The molecule has 2 heterocycles. The average Bonchev–Trinajstić information content (AvgIpc) is 2.91. The number of hydrogen-bond acceptors (Lipinski definition) is 4. The summed E-state index contributed by atoms with van der Waals surface area (Å²) in [7, 11) is 0. The molecule has 5 heteroatoms. The van der Waals surface area contributed by atoms with Crippen LogP contribution in [0.2, 0.25) is 0 Å². The molecule has 2 aromatic carbocycles. The third kappa shape index (κ3) is 6.25. The molecule has 1 aliphatic carbocycles. The number of carbonyl (C=O) groups is 1. The summed E-state index contributed by atoms with van der Waals surface area (Å²) in [6.45, 7) is 8.46. The summed E-state index contributed by atoms with van der Waals surface area (Å²) in [6.07, 6.45) is 8.42. The third-order valence-electron chi connectivity index (χ3n) is 8.28. The lowest BCUT2D eigenvalue weighted by Gasteiger charge is -2.47. The standard InChI is InChI=1S/C30H41N3O2/c1-24-22-32(30(34)26-8-4-2-5-9-26)20-21-33(24)27-16-18-31(19-17-27)23-25-12-14-29(15-13-25)35-28-10-6-3-7-11-28/h3,6-7,10-15,24,26-27H,2,4-5,8-9,16-23H2,1H3. The molecule has 35 heavy (non-hydrogen) atoms. The van der Waals surface area contributed by atoms with Gasteiger partial charge < -0.3 is 9.64 Å². The molecule has 0 bridgehead atoms. The van der Waals surface area contributed by atoms with Gasteiger partial charge in [-0.3, -0.25) is 14.6 Å². The van der Waals surface area contributed by atoms with Crippen molar-refractivity contribution in [1.29, 1.82) is 0 Å². The monoisotopic (exact) mass is 475 g/mol.